The predicted molar refractivity (Wildman–Crippen MR) is 82.9 cm³/mol. The van der Waals surface area contributed by atoms with Crippen LogP contribution in [0.15, 0.2) is 41.3 Å². The summed E-state index contributed by atoms with van der Waals surface area (Å²) in [5.41, 5.74) is 8.52. The van der Waals surface area contributed by atoms with Crippen molar-refractivity contribution in [3.05, 3.63) is 41.3 Å². The molecule has 0 unspecified atom stereocenters. The number of benzene rings is 1. The molecule has 0 aliphatic carbocycles. The Morgan fingerprint density at radius 3 is 2.42 bits per heavy atom. The number of rotatable bonds is 5. The van der Waals surface area contributed by atoms with E-state index in [-0.39, 0.29) is 5.54 Å². The molecule has 0 aliphatic heterocycles. The van der Waals surface area contributed by atoms with Crippen LogP contribution in [-0.2, 0) is 6.54 Å². The zero-order valence-corrected chi connectivity index (χ0v) is 13.0. The van der Waals surface area contributed by atoms with Gasteiger partial charge in [-0.15, -0.1) is 0 Å². The molecule has 1 heterocycles. The molecule has 0 aliphatic rings. The van der Waals surface area contributed by atoms with E-state index >= 15 is 0 Å². The zero-order chi connectivity index (χ0) is 13.9. The Kier molecular flexibility index (Phi) is 4.42. The normalized spacial score (nSPS) is 11.8. The molecule has 0 radical (unpaired) electrons. The molecule has 0 saturated carbocycles. The fourth-order valence-electron chi connectivity index (χ4n) is 2.12. The van der Waals surface area contributed by atoms with Crippen molar-refractivity contribution in [2.24, 2.45) is 5.73 Å². The second-order valence-electron chi connectivity index (χ2n) is 4.98. The summed E-state index contributed by atoms with van der Waals surface area (Å²) in [6.45, 7) is 5.07. The monoisotopic (exact) mass is 321 g/mol. The molecule has 0 fully saturated rings. The second kappa shape index (κ2) is 5.88. The van der Waals surface area contributed by atoms with Crippen molar-refractivity contribution in [2.75, 3.05) is 0 Å². The van der Waals surface area contributed by atoms with Gasteiger partial charge < -0.3 is 10.3 Å². The first-order chi connectivity index (χ1) is 9.08. The predicted octanol–water partition coefficient (Wildman–Crippen LogP) is 3.83. The minimum Gasteiger partial charge on any atom is -0.329 e. The van der Waals surface area contributed by atoms with Gasteiger partial charge in [0.25, 0.3) is 0 Å². The minimum absolute atomic E-state index is 0.162. The summed E-state index contributed by atoms with van der Waals surface area (Å²) in [6.07, 6.45) is 5.68. The fourth-order valence-corrected chi connectivity index (χ4v) is 2.38. The lowest BCUT2D eigenvalue weighted by molar-refractivity contribution is 0.340. The molecule has 0 spiro atoms. The highest BCUT2D eigenvalue weighted by atomic mass is 79.9. The van der Waals surface area contributed by atoms with Crippen LogP contribution in [0.2, 0.25) is 0 Å². The van der Waals surface area contributed by atoms with Crippen molar-refractivity contribution < 1.29 is 0 Å². The maximum Gasteiger partial charge on any atom is 0.0951 e. The summed E-state index contributed by atoms with van der Waals surface area (Å²) in [5, 5.41) is 0. The van der Waals surface area contributed by atoms with Gasteiger partial charge in [0.05, 0.1) is 18.2 Å². The molecule has 1 aromatic heterocycles. The Balaban J connectivity index is 2.30. The van der Waals surface area contributed by atoms with Crippen LogP contribution in [0.1, 0.15) is 26.7 Å². The fraction of sp³-hybridized carbons (Fsp3) is 0.400. The lowest BCUT2D eigenvalue weighted by atomic mass is 9.94. The van der Waals surface area contributed by atoms with E-state index in [0.29, 0.717) is 0 Å². The number of nitrogens with zero attached hydrogens (tertiary/aromatic N) is 2. The Hall–Kier alpha value is -1.13. The quantitative estimate of drug-likeness (QED) is 0.909. The van der Waals surface area contributed by atoms with Gasteiger partial charge in [-0.25, -0.2) is 4.98 Å². The molecule has 4 heteroatoms. The van der Waals surface area contributed by atoms with Crippen molar-refractivity contribution >= 4 is 15.9 Å². The molecule has 102 valence electrons. The van der Waals surface area contributed by atoms with Gasteiger partial charge in [-0.3, -0.25) is 0 Å². The standard InChI is InChI=1S/C15H20BrN3/c1-3-15(17,4-2)10-19-11-18-9-14(19)12-5-7-13(16)8-6-12/h5-9,11H,3-4,10,17H2,1-2H3. The van der Waals surface area contributed by atoms with Gasteiger partial charge in [-0.05, 0) is 30.5 Å². The average molecular weight is 322 g/mol. The molecular weight excluding hydrogens is 302 g/mol. The number of halogens is 1. The van der Waals surface area contributed by atoms with Crippen LogP contribution in [0.4, 0.5) is 0 Å². The van der Waals surface area contributed by atoms with E-state index in [9.17, 15) is 0 Å². The summed E-state index contributed by atoms with van der Waals surface area (Å²) in [6, 6.07) is 8.27. The van der Waals surface area contributed by atoms with Crippen LogP contribution < -0.4 is 5.73 Å². The van der Waals surface area contributed by atoms with Crippen LogP contribution in [-0.4, -0.2) is 15.1 Å². The molecular formula is C15H20BrN3. The highest BCUT2D eigenvalue weighted by Crippen LogP contribution is 2.24. The van der Waals surface area contributed by atoms with Gasteiger partial charge in [0.2, 0.25) is 0 Å². The van der Waals surface area contributed by atoms with Gasteiger partial charge in [-0.2, -0.15) is 0 Å². The third-order valence-electron chi connectivity index (χ3n) is 3.75. The van der Waals surface area contributed by atoms with E-state index in [2.05, 4.69) is 51.5 Å². The first kappa shape index (κ1) is 14.3. The number of imidazole rings is 1. The summed E-state index contributed by atoms with van der Waals surface area (Å²) in [7, 11) is 0. The first-order valence-electron chi connectivity index (χ1n) is 6.63. The molecule has 2 aromatic rings. The molecule has 0 bridgehead atoms. The SMILES string of the molecule is CCC(N)(CC)Cn1cncc1-c1ccc(Br)cc1. The molecule has 2 rings (SSSR count). The maximum atomic E-state index is 6.40. The second-order valence-corrected chi connectivity index (χ2v) is 5.90. The summed E-state index contributed by atoms with van der Waals surface area (Å²) < 4.78 is 3.23. The Morgan fingerprint density at radius 2 is 1.84 bits per heavy atom. The number of aromatic nitrogens is 2. The van der Waals surface area contributed by atoms with Gasteiger partial charge >= 0.3 is 0 Å². The van der Waals surface area contributed by atoms with E-state index in [4.69, 9.17) is 5.73 Å². The molecule has 0 saturated heterocycles. The zero-order valence-electron chi connectivity index (χ0n) is 11.4. The maximum absolute atomic E-state index is 6.40. The summed E-state index contributed by atoms with van der Waals surface area (Å²) in [4.78, 5) is 4.27. The molecule has 0 atom stereocenters. The minimum atomic E-state index is -0.162. The Bertz CT molecular complexity index is 527. The van der Waals surface area contributed by atoms with E-state index in [1.54, 1.807) is 0 Å². The number of nitrogens with two attached hydrogens (primary N) is 1. The molecule has 19 heavy (non-hydrogen) atoms. The van der Waals surface area contributed by atoms with E-state index < -0.39 is 0 Å². The average Bonchev–Trinajstić information content (AvgIpc) is 2.87. The highest BCUT2D eigenvalue weighted by molar-refractivity contribution is 9.10. The van der Waals surface area contributed by atoms with Crippen LogP contribution in [0.25, 0.3) is 11.3 Å². The van der Waals surface area contributed by atoms with E-state index in [1.807, 2.05) is 24.7 Å². The van der Waals surface area contributed by atoms with Gasteiger partial charge in [0.1, 0.15) is 0 Å². The lowest BCUT2D eigenvalue weighted by Crippen LogP contribution is -2.42. The largest absolute Gasteiger partial charge is 0.329 e. The molecule has 2 N–H and O–H groups in total. The number of hydrogen-bond donors (Lipinski definition) is 1. The third-order valence-corrected chi connectivity index (χ3v) is 4.27. The topological polar surface area (TPSA) is 43.8 Å². The van der Waals surface area contributed by atoms with Gasteiger partial charge in [-0.1, -0.05) is 41.9 Å². The van der Waals surface area contributed by atoms with Crippen LogP contribution in [0, 0.1) is 0 Å². The van der Waals surface area contributed by atoms with Crippen molar-refractivity contribution in [2.45, 2.75) is 38.8 Å². The van der Waals surface area contributed by atoms with Crippen molar-refractivity contribution in [1.82, 2.24) is 9.55 Å². The van der Waals surface area contributed by atoms with Crippen molar-refractivity contribution in [1.29, 1.82) is 0 Å². The van der Waals surface area contributed by atoms with Gasteiger partial charge in [0, 0.05) is 16.6 Å². The Labute approximate surface area is 123 Å². The summed E-state index contributed by atoms with van der Waals surface area (Å²) >= 11 is 3.46. The molecule has 3 nitrogen and oxygen atoms in total. The molecule has 1 aromatic carbocycles. The highest BCUT2D eigenvalue weighted by Gasteiger charge is 2.22. The Morgan fingerprint density at radius 1 is 1.21 bits per heavy atom. The first-order valence-corrected chi connectivity index (χ1v) is 7.42. The van der Waals surface area contributed by atoms with E-state index in [0.717, 1.165) is 35.1 Å². The van der Waals surface area contributed by atoms with E-state index in [1.165, 1.54) is 0 Å². The van der Waals surface area contributed by atoms with Crippen LogP contribution >= 0.6 is 15.9 Å². The van der Waals surface area contributed by atoms with Crippen molar-refractivity contribution in [3.63, 3.8) is 0 Å². The lowest BCUT2D eigenvalue weighted by Gasteiger charge is -2.28. The summed E-state index contributed by atoms with van der Waals surface area (Å²) in [5.74, 6) is 0. The smallest absolute Gasteiger partial charge is 0.0951 e. The van der Waals surface area contributed by atoms with Crippen molar-refractivity contribution in [3.8, 4) is 11.3 Å². The van der Waals surface area contributed by atoms with Crippen LogP contribution in [0.3, 0.4) is 0 Å². The van der Waals surface area contributed by atoms with Gasteiger partial charge in [0.15, 0.2) is 0 Å². The number of hydrogen-bond acceptors (Lipinski definition) is 2. The van der Waals surface area contributed by atoms with Crippen LogP contribution in [0.5, 0.6) is 0 Å². The molecule has 0 amide bonds. The third kappa shape index (κ3) is 3.25.